The number of ether oxygens (including phenoxy) is 13. The van der Waals surface area contributed by atoms with Crippen LogP contribution in [0.1, 0.15) is 71.1 Å². The lowest BCUT2D eigenvalue weighted by atomic mass is 10.1. The Kier molecular flexibility index (Phi) is 50.5. The van der Waals surface area contributed by atoms with E-state index in [4.69, 9.17) is 73.2 Å². The van der Waals surface area contributed by atoms with Gasteiger partial charge in [-0.05, 0) is 19.3 Å². The van der Waals surface area contributed by atoms with Crippen LogP contribution in [0.4, 0.5) is 0 Å². The Morgan fingerprint density at radius 2 is 0.385 bits per heavy atom. The molecule has 0 aliphatic heterocycles. The molecule has 0 radical (unpaired) electrons. The zero-order chi connectivity index (χ0) is 37.4. The highest BCUT2D eigenvalue weighted by Crippen LogP contribution is 2.05. The van der Waals surface area contributed by atoms with Crippen LogP contribution in [0.15, 0.2) is 0 Å². The smallest absolute Gasteiger partial charge is 0.0701 e. The molecule has 14 heteroatoms. The molecule has 0 N–H and O–H groups in total. The Hall–Kier alpha value is -0.230. The number of hydrogen-bond donors (Lipinski definition) is 0. The number of alkyl halides is 1. The van der Waals surface area contributed by atoms with Gasteiger partial charge in [-0.15, -0.1) is 11.6 Å². The van der Waals surface area contributed by atoms with E-state index in [9.17, 15) is 0 Å². The van der Waals surface area contributed by atoms with Crippen LogP contribution in [0.5, 0.6) is 0 Å². The highest BCUT2D eigenvalue weighted by Gasteiger charge is 1.98. The zero-order valence-corrected chi connectivity index (χ0v) is 33.6. The van der Waals surface area contributed by atoms with Gasteiger partial charge in [-0.1, -0.05) is 51.9 Å². The largest absolute Gasteiger partial charge is 0.379 e. The molecule has 0 atom stereocenters. The molecule has 0 aliphatic carbocycles. The normalized spacial score (nSPS) is 11.7. The van der Waals surface area contributed by atoms with Crippen LogP contribution in [0.25, 0.3) is 0 Å². The van der Waals surface area contributed by atoms with E-state index in [1.165, 1.54) is 44.9 Å². The van der Waals surface area contributed by atoms with Crippen molar-refractivity contribution in [3.8, 4) is 0 Å². The van der Waals surface area contributed by atoms with Crippen molar-refractivity contribution in [2.45, 2.75) is 71.1 Å². The van der Waals surface area contributed by atoms with Gasteiger partial charge in [0.2, 0.25) is 0 Å². The van der Waals surface area contributed by atoms with Crippen molar-refractivity contribution in [3.63, 3.8) is 0 Å². The predicted molar refractivity (Wildman–Crippen MR) is 203 cm³/mol. The third kappa shape index (κ3) is 49.8. The summed E-state index contributed by atoms with van der Waals surface area (Å²) in [6.07, 6.45) is 12.2. The first-order valence-corrected chi connectivity index (χ1v) is 20.5. The molecule has 0 fully saturated rings. The lowest BCUT2D eigenvalue weighted by molar-refractivity contribution is -0.0290. The van der Waals surface area contributed by atoms with E-state index in [1.807, 2.05) is 0 Å². The third-order valence-electron chi connectivity index (χ3n) is 7.28. The van der Waals surface area contributed by atoms with E-state index in [0.29, 0.717) is 159 Å². The van der Waals surface area contributed by atoms with Crippen LogP contribution in [-0.4, -0.2) is 178 Å². The van der Waals surface area contributed by atoms with E-state index in [1.54, 1.807) is 0 Å². The molecule has 0 aromatic rings. The summed E-state index contributed by atoms with van der Waals surface area (Å²) in [5, 5.41) is 0. The van der Waals surface area contributed by atoms with Gasteiger partial charge in [0, 0.05) is 19.1 Å². The Morgan fingerprint density at radius 1 is 0.212 bits per heavy atom. The molecular weight excluding hydrogens is 700 g/mol. The second-order valence-electron chi connectivity index (χ2n) is 11.8. The average Bonchev–Trinajstić information content (AvgIpc) is 3.16. The van der Waals surface area contributed by atoms with Crippen LogP contribution in [-0.2, 0) is 61.6 Å². The van der Waals surface area contributed by atoms with Gasteiger partial charge in [0.05, 0.1) is 159 Å². The van der Waals surface area contributed by atoms with Crippen LogP contribution < -0.4 is 0 Å². The fraction of sp³-hybridized carbons (Fsp3) is 1.00. The molecule has 0 aliphatic rings. The molecule has 314 valence electrons. The van der Waals surface area contributed by atoms with E-state index in [0.717, 1.165) is 38.4 Å². The highest BCUT2D eigenvalue weighted by molar-refractivity contribution is 6.17. The molecule has 0 unspecified atom stereocenters. The van der Waals surface area contributed by atoms with Crippen molar-refractivity contribution in [1.82, 2.24) is 0 Å². The maximum atomic E-state index is 5.66. The summed E-state index contributed by atoms with van der Waals surface area (Å²) in [4.78, 5) is 0. The molecule has 52 heavy (non-hydrogen) atoms. The molecule has 0 saturated carbocycles. The number of unbranched alkanes of at least 4 members (excludes halogenated alkanes) is 8. The van der Waals surface area contributed by atoms with Crippen LogP contribution in [0, 0.1) is 0 Å². The summed E-state index contributed by atoms with van der Waals surface area (Å²) in [7, 11) is 0. The fourth-order valence-corrected chi connectivity index (χ4v) is 4.57. The Balaban J connectivity index is 3.04. The first-order chi connectivity index (χ1) is 25.9. The van der Waals surface area contributed by atoms with E-state index >= 15 is 0 Å². The molecule has 0 amide bonds. The van der Waals surface area contributed by atoms with Crippen molar-refractivity contribution < 1.29 is 61.6 Å². The summed E-state index contributed by atoms with van der Waals surface area (Å²) in [5.74, 6) is 0.744. The van der Waals surface area contributed by atoms with Crippen molar-refractivity contribution >= 4 is 11.6 Å². The second kappa shape index (κ2) is 50.8. The Morgan fingerprint density at radius 3 is 0.596 bits per heavy atom. The van der Waals surface area contributed by atoms with Gasteiger partial charge in [-0.25, -0.2) is 0 Å². The molecule has 0 aromatic carbocycles. The van der Waals surface area contributed by atoms with Crippen molar-refractivity contribution in [3.05, 3.63) is 0 Å². The molecule has 0 aromatic heterocycles. The van der Waals surface area contributed by atoms with Gasteiger partial charge in [-0.2, -0.15) is 0 Å². The summed E-state index contributed by atoms with van der Waals surface area (Å²) in [6.45, 7) is 16.9. The van der Waals surface area contributed by atoms with Gasteiger partial charge in [0.25, 0.3) is 0 Å². The number of hydrogen-bond acceptors (Lipinski definition) is 13. The summed E-state index contributed by atoms with van der Waals surface area (Å²) >= 11 is 5.66. The molecule has 0 heterocycles. The van der Waals surface area contributed by atoms with Gasteiger partial charge >= 0.3 is 0 Å². The van der Waals surface area contributed by atoms with Crippen LogP contribution in [0.3, 0.4) is 0 Å². The molecule has 0 rings (SSSR count). The van der Waals surface area contributed by atoms with Gasteiger partial charge in [0.15, 0.2) is 0 Å². The van der Waals surface area contributed by atoms with Crippen molar-refractivity contribution in [2.24, 2.45) is 0 Å². The quantitative estimate of drug-likeness (QED) is 0.0583. The van der Waals surface area contributed by atoms with Crippen LogP contribution in [0.2, 0.25) is 0 Å². The van der Waals surface area contributed by atoms with E-state index < -0.39 is 0 Å². The van der Waals surface area contributed by atoms with E-state index in [-0.39, 0.29) is 0 Å². The van der Waals surface area contributed by atoms with Crippen LogP contribution >= 0.6 is 11.6 Å². The highest BCUT2D eigenvalue weighted by atomic mass is 35.5. The van der Waals surface area contributed by atoms with E-state index in [2.05, 4.69) is 6.92 Å². The Bertz CT molecular complexity index is 563. The molecular formula is C38H77ClO13. The molecule has 13 nitrogen and oxygen atoms in total. The molecule has 0 spiro atoms. The topological polar surface area (TPSA) is 120 Å². The van der Waals surface area contributed by atoms with Gasteiger partial charge < -0.3 is 61.6 Å². The molecule has 0 saturated heterocycles. The number of rotatable bonds is 49. The number of halogens is 1. The maximum Gasteiger partial charge on any atom is 0.0701 e. The summed E-state index contributed by atoms with van der Waals surface area (Å²) in [6, 6.07) is 0. The van der Waals surface area contributed by atoms with Crippen molar-refractivity contribution in [1.29, 1.82) is 0 Å². The minimum absolute atomic E-state index is 0.514. The monoisotopic (exact) mass is 777 g/mol. The fourth-order valence-electron chi connectivity index (χ4n) is 4.38. The second-order valence-corrected chi connectivity index (χ2v) is 12.2. The summed E-state index contributed by atoms with van der Waals surface area (Å²) in [5.41, 5.74) is 0. The lowest BCUT2D eigenvalue weighted by Gasteiger charge is -2.09. The minimum atomic E-state index is 0.514. The van der Waals surface area contributed by atoms with Crippen molar-refractivity contribution in [2.75, 3.05) is 178 Å². The zero-order valence-electron chi connectivity index (χ0n) is 32.8. The molecule has 0 bridgehead atoms. The third-order valence-corrected chi connectivity index (χ3v) is 7.55. The Labute approximate surface area is 321 Å². The first kappa shape index (κ1) is 51.8. The predicted octanol–water partition coefficient (Wildman–Crippen LogP) is 5.36. The lowest BCUT2D eigenvalue weighted by Crippen LogP contribution is -2.15. The standard InChI is InChI=1S/C38H77ClO13/c1-2-3-4-5-7-10-13-40-15-17-42-19-21-44-23-25-46-27-29-48-31-33-50-35-37-52-38-36-51-34-32-49-30-28-47-26-24-45-22-20-43-18-16-41-14-11-8-6-9-12-39/h2-38H2,1H3. The summed E-state index contributed by atoms with van der Waals surface area (Å²) < 4.78 is 71.6. The van der Waals surface area contributed by atoms with Gasteiger partial charge in [0.1, 0.15) is 0 Å². The minimum Gasteiger partial charge on any atom is -0.379 e. The SMILES string of the molecule is CCCCCCCCOCCOCCOCCOCCOCCOCCOCCOCCOCCOCCOCCOCCOCCCCCCCl. The maximum absolute atomic E-state index is 5.66. The van der Waals surface area contributed by atoms with Gasteiger partial charge in [-0.3, -0.25) is 0 Å². The first-order valence-electron chi connectivity index (χ1n) is 20.0. The average molecular weight is 777 g/mol.